The summed E-state index contributed by atoms with van der Waals surface area (Å²) in [4.78, 5) is 25.3. The van der Waals surface area contributed by atoms with Gasteiger partial charge < -0.3 is 10.2 Å². The second kappa shape index (κ2) is 7.09. The van der Waals surface area contributed by atoms with Gasteiger partial charge in [-0.3, -0.25) is 9.59 Å². The van der Waals surface area contributed by atoms with Crippen molar-refractivity contribution in [3.05, 3.63) is 34.3 Å². The Morgan fingerprint density at radius 3 is 2.65 bits per heavy atom. The first kappa shape index (κ1) is 15.3. The molecule has 2 amide bonds. The van der Waals surface area contributed by atoms with Gasteiger partial charge in [-0.1, -0.05) is 22.0 Å². The lowest BCUT2D eigenvalue weighted by atomic mass is 10.0. The van der Waals surface area contributed by atoms with E-state index in [0.717, 1.165) is 17.3 Å². The molecular formula is C14H16BrClN2O2. The Balaban J connectivity index is 1.86. The van der Waals surface area contributed by atoms with Crippen molar-refractivity contribution in [2.45, 2.75) is 18.9 Å². The van der Waals surface area contributed by atoms with Crippen molar-refractivity contribution < 1.29 is 9.59 Å². The predicted molar refractivity (Wildman–Crippen MR) is 81.9 cm³/mol. The molecule has 20 heavy (non-hydrogen) atoms. The van der Waals surface area contributed by atoms with Crippen LogP contribution in [0.15, 0.2) is 28.7 Å². The third kappa shape index (κ3) is 3.96. The average Bonchev–Trinajstić information content (AvgIpc) is 2.47. The normalized spacial score (nSPS) is 16.0. The Morgan fingerprint density at radius 2 is 2.05 bits per heavy atom. The molecule has 4 nitrogen and oxygen atoms in total. The lowest BCUT2D eigenvalue weighted by molar-refractivity contribution is -0.129. The summed E-state index contributed by atoms with van der Waals surface area (Å²) in [5.41, 5.74) is 0.638. The number of carbonyl (C=O) groups excluding carboxylic acids is 2. The molecule has 0 aromatic heterocycles. The first-order valence-corrected chi connectivity index (χ1v) is 7.83. The molecule has 108 valence electrons. The van der Waals surface area contributed by atoms with E-state index in [2.05, 4.69) is 21.2 Å². The fourth-order valence-corrected chi connectivity index (χ4v) is 2.82. The highest BCUT2D eigenvalue weighted by atomic mass is 79.9. The number of benzene rings is 1. The van der Waals surface area contributed by atoms with Crippen LogP contribution in [0.2, 0.25) is 0 Å². The van der Waals surface area contributed by atoms with Gasteiger partial charge in [0.2, 0.25) is 5.91 Å². The van der Waals surface area contributed by atoms with Crippen LogP contribution in [0.4, 0.5) is 0 Å². The maximum atomic E-state index is 12.1. The van der Waals surface area contributed by atoms with Gasteiger partial charge in [0, 0.05) is 29.2 Å². The number of hydrogen-bond donors (Lipinski definition) is 1. The van der Waals surface area contributed by atoms with E-state index in [9.17, 15) is 9.59 Å². The van der Waals surface area contributed by atoms with Gasteiger partial charge in [-0.05, 0) is 31.0 Å². The van der Waals surface area contributed by atoms with Crippen molar-refractivity contribution in [1.29, 1.82) is 0 Å². The molecule has 2 rings (SSSR count). The summed E-state index contributed by atoms with van der Waals surface area (Å²) in [6.07, 6.45) is 1.53. The van der Waals surface area contributed by atoms with Crippen LogP contribution in [0, 0.1) is 0 Å². The minimum Gasteiger partial charge on any atom is -0.349 e. The van der Waals surface area contributed by atoms with E-state index >= 15 is 0 Å². The smallest absolute Gasteiger partial charge is 0.251 e. The van der Waals surface area contributed by atoms with Crippen molar-refractivity contribution in [2.24, 2.45) is 0 Å². The summed E-state index contributed by atoms with van der Waals surface area (Å²) in [6, 6.07) is 7.41. The summed E-state index contributed by atoms with van der Waals surface area (Å²) < 4.78 is 0.882. The van der Waals surface area contributed by atoms with Gasteiger partial charge in [0.25, 0.3) is 5.91 Å². The zero-order valence-electron chi connectivity index (χ0n) is 10.9. The minimum absolute atomic E-state index is 0.0229. The molecule has 1 heterocycles. The van der Waals surface area contributed by atoms with Crippen molar-refractivity contribution in [1.82, 2.24) is 10.2 Å². The van der Waals surface area contributed by atoms with Crippen LogP contribution < -0.4 is 5.32 Å². The highest BCUT2D eigenvalue weighted by Crippen LogP contribution is 2.14. The van der Waals surface area contributed by atoms with Gasteiger partial charge in [-0.15, -0.1) is 11.6 Å². The van der Waals surface area contributed by atoms with E-state index in [4.69, 9.17) is 11.6 Å². The second-order valence-corrected chi connectivity index (χ2v) is 5.96. The molecular weight excluding hydrogens is 344 g/mol. The highest BCUT2D eigenvalue weighted by molar-refractivity contribution is 9.10. The number of amides is 2. The summed E-state index contributed by atoms with van der Waals surface area (Å²) >= 11 is 8.89. The van der Waals surface area contributed by atoms with Gasteiger partial charge >= 0.3 is 0 Å². The van der Waals surface area contributed by atoms with Crippen molar-refractivity contribution in [3.8, 4) is 0 Å². The molecule has 1 aromatic carbocycles. The predicted octanol–water partition coefficient (Wildman–Crippen LogP) is 2.41. The van der Waals surface area contributed by atoms with Crippen LogP contribution in [0.25, 0.3) is 0 Å². The lowest BCUT2D eigenvalue weighted by Gasteiger charge is -2.32. The van der Waals surface area contributed by atoms with Crippen LogP contribution in [-0.2, 0) is 4.79 Å². The fourth-order valence-electron chi connectivity index (χ4n) is 2.26. The van der Waals surface area contributed by atoms with E-state index in [1.54, 1.807) is 17.0 Å². The van der Waals surface area contributed by atoms with Crippen molar-refractivity contribution in [3.63, 3.8) is 0 Å². The molecule has 1 aromatic rings. The number of rotatable bonds is 3. The molecule has 0 radical (unpaired) electrons. The summed E-state index contributed by atoms with van der Waals surface area (Å²) in [7, 11) is 0. The van der Waals surface area contributed by atoms with E-state index in [0.29, 0.717) is 18.7 Å². The Labute approximate surface area is 131 Å². The van der Waals surface area contributed by atoms with Crippen molar-refractivity contribution >= 4 is 39.3 Å². The first-order valence-electron chi connectivity index (χ1n) is 6.50. The molecule has 0 atom stereocenters. The number of alkyl halides is 1. The highest BCUT2D eigenvalue weighted by Gasteiger charge is 2.23. The second-order valence-electron chi connectivity index (χ2n) is 4.77. The van der Waals surface area contributed by atoms with E-state index in [-0.39, 0.29) is 23.7 Å². The Kier molecular flexibility index (Phi) is 5.43. The number of nitrogens with zero attached hydrogens (tertiary/aromatic N) is 1. The Hall–Kier alpha value is -1.07. The molecule has 1 aliphatic heterocycles. The molecule has 6 heteroatoms. The topological polar surface area (TPSA) is 49.4 Å². The van der Waals surface area contributed by atoms with Crippen molar-refractivity contribution in [2.75, 3.05) is 19.0 Å². The molecule has 0 unspecified atom stereocenters. The molecule has 1 saturated heterocycles. The zero-order chi connectivity index (χ0) is 14.5. The average molecular weight is 360 g/mol. The third-order valence-corrected chi connectivity index (χ3v) is 4.11. The largest absolute Gasteiger partial charge is 0.349 e. The minimum atomic E-state index is -0.0755. The number of piperidine rings is 1. The molecule has 0 saturated carbocycles. The first-order chi connectivity index (χ1) is 9.60. The summed E-state index contributed by atoms with van der Waals surface area (Å²) in [6.45, 7) is 1.30. The Bertz CT molecular complexity index is 502. The number of nitrogens with one attached hydrogen (secondary N) is 1. The zero-order valence-corrected chi connectivity index (χ0v) is 13.3. The van der Waals surface area contributed by atoms with Gasteiger partial charge in [-0.25, -0.2) is 0 Å². The third-order valence-electron chi connectivity index (χ3n) is 3.38. The monoisotopic (exact) mass is 358 g/mol. The Morgan fingerprint density at radius 1 is 1.35 bits per heavy atom. The molecule has 0 spiro atoms. The van der Waals surface area contributed by atoms with Crippen LogP contribution in [0.3, 0.4) is 0 Å². The van der Waals surface area contributed by atoms with Gasteiger partial charge in [0.1, 0.15) is 5.88 Å². The fraction of sp³-hybridized carbons (Fsp3) is 0.429. The molecule has 1 N–H and O–H groups in total. The van der Waals surface area contributed by atoms with Gasteiger partial charge in [-0.2, -0.15) is 0 Å². The van der Waals surface area contributed by atoms with Crippen LogP contribution in [0.1, 0.15) is 23.2 Å². The van der Waals surface area contributed by atoms with E-state index in [1.165, 1.54) is 0 Å². The molecule has 1 fully saturated rings. The van der Waals surface area contributed by atoms with Crippen LogP contribution >= 0.6 is 27.5 Å². The number of halogens is 2. The van der Waals surface area contributed by atoms with Gasteiger partial charge in [0.05, 0.1) is 0 Å². The number of carbonyl (C=O) groups is 2. The quantitative estimate of drug-likeness (QED) is 0.843. The summed E-state index contributed by atoms with van der Waals surface area (Å²) in [5.74, 6) is -0.0911. The number of hydrogen-bond acceptors (Lipinski definition) is 2. The maximum absolute atomic E-state index is 12.1. The standard InChI is InChI=1S/C14H16BrClN2O2/c15-11-3-1-2-10(8-11)14(20)17-12-4-6-18(7-5-12)13(19)9-16/h1-3,8,12H,4-7,9H2,(H,17,20). The van der Waals surface area contributed by atoms with E-state index in [1.807, 2.05) is 12.1 Å². The summed E-state index contributed by atoms with van der Waals surface area (Å²) in [5, 5.41) is 3.01. The molecule has 0 aliphatic carbocycles. The van der Waals surface area contributed by atoms with Gasteiger partial charge in [0.15, 0.2) is 0 Å². The molecule has 0 bridgehead atoms. The van der Waals surface area contributed by atoms with E-state index < -0.39 is 0 Å². The maximum Gasteiger partial charge on any atom is 0.251 e. The van der Waals surface area contributed by atoms with Crippen LogP contribution in [-0.4, -0.2) is 41.7 Å². The van der Waals surface area contributed by atoms with Crippen LogP contribution in [0.5, 0.6) is 0 Å². The molecule has 1 aliphatic rings. The lowest BCUT2D eigenvalue weighted by Crippen LogP contribution is -2.46. The number of likely N-dealkylation sites (tertiary alicyclic amines) is 1. The SMILES string of the molecule is O=C(NC1CCN(C(=O)CCl)CC1)c1cccc(Br)c1.